The topological polar surface area (TPSA) is 73.4 Å². The molecule has 0 radical (unpaired) electrons. The fourth-order valence-corrected chi connectivity index (χ4v) is 3.73. The van der Waals surface area contributed by atoms with Crippen LogP contribution < -0.4 is 15.4 Å². The van der Waals surface area contributed by atoms with Crippen LogP contribution in [0.3, 0.4) is 0 Å². The molecule has 0 saturated carbocycles. The van der Waals surface area contributed by atoms with Gasteiger partial charge in [-0.3, -0.25) is 4.79 Å². The van der Waals surface area contributed by atoms with Crippen molar-refractivity contribution in [2.24, 2.45) is 5.73 Å². The van der Waals surface area contributed by atoms with Crippen molar-refractivity contribution in [3.8, 4) is 5.75 Å². The van der Waals surface area contributed by atoms with E-state index in [-0.39, 0.29) is 12.6 Å². The molecule has 1 aliphatic rings. The second kappa shape index (κ2) is 7.89. The molecule has 1 amide bonds. The Morgan fingerprint density at radius 3 is 2.57 bits per heavy atom. The van der Waals surface area contributed by atoms with Crippen LogP contribution in [0.1, 0.15) is 18.4 Å². The van der Waals surface area contributed by atoms with Gasteiger partial charge in [-0.05, 0) is 30.3 Å². The van der Waals surface area contributed by atoms with Gasteiger partial charge in [0, 0.05) is 43.7 Å². The van der Waals surface area contributed by atoms with E-state index in [1.54, 1.807) is 10.8 Å². The number of hydrogen-bond acceptors (Lipinski definition) is 4. The van der Waals surface area contributed by atoms with E-state index in [1.165, 1.54) is 6.07 Å². The van der Waals surface area contributed by atoms with Gasteiger partial charge in [0.1, 0.15) is 24.2 Å². The van der Waals surface area contributed by atoms with Gasteiger partial charge in [0.15, 0.2) is 0 Å². The van der Waals surface area contributed by atoms with Crippen LogP contribution in [0.25, 0.3) is 10.9 Å². The Balaban J connectivity index is 1.40. The molecule has 1 aliphatic heterocycles. The number of halogens is 3. The van der Waals surface area contributed by atoms with E-state index < -0.39 is 17.6 Å². The largest absolute Gasteiger partial charge is 0.490 e. The maximum absolute atomic E-state index is 12.7. The predicted octanol–water partition coefficient (Wildman–Crippen LogP) is 3.59. The summed E-state index contributed by atoms with van der Waals surface area (Å²) in [5, 5.41) is 0.908. The molecule has 1 aromatic carbocycles. The van der Waals surface area contributed by atoms with Gasteiger partial charge in [-0.2, -0.15) is 13.2 Å². The van der Waals surface area contributed by atoms with Crippen molar-refractivity contribution in [2.75, 3.05) is 18.0 Å². The average molecular weight is 418 g/mol. The quantitative estimate of drug-likeness (QED) is 0.687. The number of alkyl halides is 3. The predicted molar refractivity (Wildman–Crippen MR) is 106 cm³/mol. The molecule has 3 aromatic rings. The van der Waals surface area contributed by atoms with Crippen molar-refractivity contribution in [3.63, 3.8) is 0 Å². The van der Waals surface area contributed by atoms with Gasteiger partial charge in [-0.25, -0.2) is 4.98 Å². The van der Waals surface area contributed by atoms with Gasteiger partial charge in [-0.1, -0.05) is 6.07 Å². The Morgan fingerprint density at radius 1 is 1.17 bits per heavy atom. The number of anilines is 1. The Bertz CT molecular complexity index is 1040. The van der Waals surface area contributed by atoms with E-state index in [0.29, 0.717) is 18.9 Å². The van der Waals surface area contributed by atoms with E-state index in [2.05, 4.69) is 4.98 Å². The summed E-state index contributed by atoms with van der Waals surface area (Å²) in [5.41, 5.74) is 5.42. The summed E-state index contributed by atoms with van der Waals surface area (Å²) < 4.78 is 46.1. The monoisotopic (exact) mass is 418 g/mol. The molecule has 2 aromatic heterocycles. The number of aromatic nitrogens is 2. The summed E-state index contributed by atoms with van der Waals surface area (Å²) in [5.74, 6) is 0.858. The Kier molecular flexibility index (Phi) is 5.27. The fourth-order valence-electron chi connectivity index (χ4n) is 3.73. The number of amides is 1. The number of nitrogens with two attached hydrogens (primary N) is 1. The second-order valence-electron chi connectivity index (χ2n) is 7.31. The van der Waals surface area contributed by atoms with Gasteiger partial charge in [-0.15, -0.1) is 0 Å². The minimum atomic E-state index is -4.39. The molecule has 0 atom stereocenters. The highest BCUT2D eigenvalue weighted by atomic mass is 19.4. The minimum Gasteiger partial charge on any atom is -0.490 e. The van der Waals surface area contributed by atoms with Crippen LogP contribution in [-0.4, -0.2) is 34.7 Å². The lowest BCUT2D eigenvalue weighted by molar-refractivity contribution is -0.137. The van der Waals surface area contributed by atoms with Crippen LogP contribution in [0.5, 0.6) is 5.75 Å². The van der Waals surface area contributed by atoms with Crippen LogP contribution >= 0.6 is 0 Å². The molecular formula is C21H21F3N4O2. The molecule has 30 heavy (non-hydrogen) atoms. The number of benzene rings is 1. The molecule has 1 fully saturated rings. The Labute approximate surface area is 171 Å². The molecule has 3 heterocycles. The zero-order valence-corrected chi connectivity index (χ0v) is 16.1. The van der Waals surface area contributed by atoms with Gasteiger partial charge in [0.2, 0.25) is 5.91 Å². The van der Waals surface area contributed by atoms with Crippen LogP contribution in [0.2, 0.25) is 0 Å². The second-order valence-corrected chi connectivity index (χ2v) is 7.31. The molecule has 158 valence electrons. The van der Waals surface area contributed by atoms with Gasteiger partial charge < -0.3 is 19.9 Å². The van der Waals surface area contributed by atoms with Crippen molar-refractivity contribution in [3.05, 3.63) is 54.4 Å². The van der Waals surface area contributed by atoms with Crippen molar-refractivity contribution in [2.45, 2.75) is 31.7 Å². The molecule has 9 heteroatoms. The van der Waals surface area contributed by atoms with Crippen molar-refractivity contribution < 1.29 is 22.7 Å². The van der Waals surface area contributed by atoms with Crippen LogP contribution in [0.4, 0.5) is 19.0 Å². The number of ether oxygens (including phenoxy) is 1. The maximum atomic E-state index is 12.7. The van der Waals surface area contributed by atoms with Gasteiger partial charge >= 0.3 is 6.18 Å². The van der Waals surface area contributed by atoms with Crippen LogP contribution in [0, 0.1) is 0 Å². The van der Waals surface area contributed by atoms with Crippen LogP contribution in [0.15, 0.2) is 48.8 Å². The van der Waals surface area contributed by atoms with Crippen molar-refractivity contribution in [1.82, 2.24) is 9.55 Å². The van der Waals surface area contributed by atoms with E-state index >= 15 is 0 Å². The molecule has 4 rings (SSSR count). The lowest BCUT2D eigenvalue weighted by Gasteiger charge is -2.33. The molecule has 0 unspecified atom stereocenters. The molecule has 1 saturated heterocycles. The summed E-state index contributed by atoms with van der Waals surface area (Å²) in [6.07, 6.45) is -0.275. The normalized spacial score (nSPS) is 15.5. The number of pyridine rings is 1. The highest BCUT2D eigenvalue weighted by Crippen LogP contribution is 2.31. The molecule has 0 bridgehead atoms. The van der Waals surface area contributed by atoms with Crippen LogP contribution in [-0.2, 0) is 17.5 Å². The lowest BCUT2D eigenvalue weighted by atomic mass is 10.1. The van der Waals surface area contributed by atoms with E-state index in [9.17, 15) is 18.0 Å². The summed E-state index contributed by atoms with van der Waals surface area (Å²) in [7, 11) is 0. The molecule has 0 spiro atoms. The van der Waals surface area contributed by atoms with Crippen molar-refractivity contribution >= 4 is 22.6 Å². The summed E-state index contributed by atoms with van der Waals surface area (Å²) in [4.78, 5) is 17.2. The first-order valence-electron chi connectivity index (χ1n) is 9.62. The average Bonchev–Trinajstić information content (AvgIpc) is 3.11. The third-order valence-electron chi connectivity index (χ3n) is 5.23. The summed E-state index contributed by atoms with van der Waals surface area (Å²) in [6, 6.07) is 10.0. The number of piperidine rings is 1. The highest BCUT2D eigenvalue weighted by molar-refractivity contribution is 5.87. The molecule has 0 aliphatic carbocycles. The fraction of sp³-hybridized carbons (Fsp3) is 0.333. The standard InChI is InChI=1S/C21H21F3N4O2/c22-21(23,24)14-4-5-20(26-12-14)27-9-6-15(7-10-27)30-18-3-1-2-17-16(18)8-11-28(17)13-19(25)29/h1-5,8,11-12,15H,6-7,9-10,13H2,(H2,25,29). The summed E-state index contributed by atoms with van der Waals surface area (Å²) >= 11 is 0. The van der Waals surface area contributed by atoms with E-state index in [1.807, 2.05) is 29.2 Å². The number of primary amides is 1. The number of carbonyl (C=O) groups is 1. The maximum Gasteiger partial charge on any atom is 0.417 e. The zero-order valence-electron chi connectivity index (χ0n) is 16.1. The number of hydrogen-bond donors (Lipinski definition) is 1. The first-order valence-corrected chi connectivity index (χ1v) is 9.62. The first-order chi connectivity index (χ1) is 14.3. The van der Waals surface area contributed by atoms with E-state index in [0.717, 1.165) is 41.8 Å². The Hall–Kier alpha value is -3.23. The highest BCUT2D eigenvalue weighted by Gasteiger charge is 2.31. The Morgan fingerprint density at radius 2 is 1.93 bits per heavy atom. The number of carbonyl (C=O) groups excluding carboxylic acids is 1. The SMILES string of the molecule is NC(=O)Cn1ccc2c(OC3CCN(c4ccc(C(F)(F)F)cn4)CC3)cccc21. The lowest BCUT2D eigenvalue weighted by Crippen LogP contribution is -2.38. The van der Waals surface area contributed by atoms with Crippen molar-refractivity contribution in [1.29, 1.82) is 0 Å². The molecule has 6 nitrogen and oxygen atoms in total. The third-order valence-corrected chi connectivity index (χ3v) is 5.23. The summed E-state index contributed by atoms with van der Waals surface area (Å²) in [6.45, 7) is 1.38. The van der Waals surface area contributed by atoms with Gasteiger partial charge in [0.05, 0.1) is 11.1 Å². The smallest absolute Gasteiger partial charge is 0.417 e. The number of fused-ring (bicyclic) bond motifs is 1. The number of nitrogens with zero attached hydrogens (tertiary/aromatic N) is 3. The molecular weight excluding hydrogens is 397 g/mol. The number of rotatable bonds is 5. The minimum absolute atomic E-state index is 0.0132. The third kappa shape index (κ3) is 4.19. The zero-order chi connectivity index (χ0) is 21.3. The van der Waals surface area contributed by atoms with E-state index in [4.69, 9.17) is 10.5 Å². The molecule has 2 N–H and O–H groups in total. The van der Waals surface area contributed by atoms with Gasteiger partial charge in [0.25, 0.3) is 0 Å². The first kappa shape index (κ1) is 20.1.